The summed E-state index contributed by atoms with van der Waals surface area (Å²) in [5.41, 5.74) is 2.23. The molecule has 0 fully saturated rings. The molecule has 1 rings (SSSR count). The Morgan fingerprint density at radius 1 is 1.38 bits per heavy atom. The molecule has 0 amide bonds. The van der Waals surface area contributed by atoms with Crippen LogP contribution in [0.5, 0.6) is 5.75 Å². The molecule has 0 atom stereocenters. The summed E-state index contributed by atoms with van der Waals surface area (Å²) in [4.78, 5) is 13.0. The largest absolute Gasteiger partial charge is 0.573 e. The highest BCUT2D eigenvalue weighted by Crippen LogP contribution is 2.25. The van der Waals surface area contributed by atoms with Crippen molar-refractivity contribution in [1.29, 1.82) is 0 Å². The SMILES string of the molecule is Nc1[nH]cc(C(F)F)c(=O)c1OC(F)(F)F. The molecule has 0 bridgehead atoms. The van der Waals surface area contributed by atoms with Crippen molar-refractivity contribution in [2.45, 2.75) is 12.8 Å². The van der Waals surface area contributed by atoms with E-state index in [0.29, 0.717) is 6.20 Å². The number of halogens is 5. The lowest BCUT2D eigenvalue weighted by Crippen LogP contribution is -2.25. The highest BCUT2D eigenvalue weighted by atomic mass is 19.4. The molecule has 0 spiro atoms. The van der Waals surface area contributed by atoms with Crippen LogP contribution in [0.1, 0.15) is 12.0 Å². The zero-order chi connectivity index (χ0) is 12.5. The molecule has 0 radical (unpaired) electrons. The van der Waals surface area contributed by atoms with E-state index < -0.39 is 35.3 Å². The maximum absolute atomic E-state index is 12.2. The first kappa shape index (κ1) is 12.3. The van der Waals surface area contributed by atoms with E-state index in [1.807, 2.05) is 4.98 Å². The first-order valence-corrected chi connectivity index (χ1v) is 3.77. The number of anilines is 1. The van der Waals surface area contributed by atoms with Crippen LogP contribution >= 0.6 is 0 Å². The molecule has 0 aliphatic rings. The Hall–Kier alpha value is -1.80. The zero-order valence-corrected chi connectivity index (χ0v) is 7.44. The van der Waals surface area contributed by atoms with E-state index in [4.69, 9.17) is 5.73 Å². The van der Waals surface area contributed by atoms with Gasteiger partial charge in [0, 0.05) is 6.20 Å². The summed E-state index contributed by atoms with van der Waals surface area (Å²) in [6, 6.07) is 0. The average molecular weight is 244 g/mol. The van der Waals surface area contributed by atoms with Crippen molar-refractivity contribution < 1.29 is 26.7 Å². The van der Waals surface area contributed by atoms with E-state index >= 15 is 0 Å². The molecular formula is C7H5F5N2O2. The Morgan fingerprint density at radius 3 is 2.38 bits per heavy atom. The molecule has 0 aliphatic carbocycles. The topological polar surface area (TPSA) is 68.1 Å². The molecule has 1 heterocycles. The number of nitrogens with two attached hydrogens (primary N) is 1. The molecule has 3 N–H and O–H groups in total. The van der Waals surface area contributed by atoms with Gasteiger partial charge in [0.05, 0.1) is 5.56 Å². The molecule has 16 heavy (non-hydrogen) atoms. The molecule has 4 nitrogen and oxygen atoms in total. The van der Waals surface area contributed by atoms with Gasteiger partial charge in [-0.15, -0.1) is 13.2 Å². The fourth-order valence-corrected chi connectivity index (χ4v) is 0.919. The van der Waals surface area contributed by atoms with E-state index in [0.717, 1.165) is 0 Å². The summed E-state index contributed by atoms with van der Waals surface area (Å²) in [5, 5.41) is 0. The number of pyridine rings is 1. The third-order valence-corrected chi connectivity index (χ3v) is 1.55. The van der Waals surface area contributed by atoms with Crippen LogP contribution in [-0.2, 0) is 0 Å². The Bertz CT molecular complexity index is 439. The van der Waals surface area contributed by atoms with Crippen LogP contribution in [0.3, 0.4) is 0 Å². The van der Waals surface area contributed by atoms with Crippen LogP contribution in [0.15, 0.2) is 11.0 Å². The number of aromatic amines is 1. The van der Waals surface area contributed by atoms with E-state index in [1.54, 1.807) is 0 Å². The smallest absolute Gasteiger partial charge is 0.398 e. The molecule has 1 aromatic rings. The minimum Gasteiger partial charge on any atom is -0.398 e. The van der Waals surface area contributed by atoms with Gasteiger partial charge in [0.25, 0.3) is 6.43 Å². The van der Waals surface area contributed by atoms with Crippen LogP contribution < -0.4 is 15.9 Å². The number of rotatable bonds is 2. The van der Waals surface area contributed by atoms with Gasteiger partial charge in [0.15, 0.2) is 0 Å². The number of nitrogen functional groups attached to an aromatic ring is 1. The summed E-state index contributed by atoms with van der Waals surface area (Å²) >= 11 is 0. The molecule has 0 aromatic carbocycles. The van der Waals surface area contributed by atoms with Crippen molar-refractivity contribution in [3.8, 4) is 5.75 Å². The molecule has 0 saturated heterocycles. The highest BCUT2D eigenvalue weighted by molar-refractivity contribution is 5.47. The fourth-order valence-electron chi connectivity index (χ4n) is 0.919. The van der Waals surface area contributed by atoms with E-state index in [2.05, 4.69) is 4.74 Å². The van der Waals surface area contributed by atoms with Crippen LogP contribution in [0, 0.1) is 0 Å². The van der Waals surface area contributed by atoms with Crippen LogP contribution in [-0.4, -0.2) is 11.3 Å². The maximum atomic E-state index is 12.2. The number of alkyl halides is 5. The second-order valence-corrected chi connectivity index (χ2v) is 2.66. The number of nitrogens with one attached hydrogen (secondary N) is 1. The second kappa shape index (κ2) is 3.99. The van der Waals surface area contributed by atoms with E-state index in [-0.39, 0.29) is 0 Å². The van der Waals surface area contributed by atoms with Gasteiger partial charge in [-0.1, -0.05) is 0 Å². The number of hydrogen-bond donors (Lipinski definition) is 2. The number of hydrogen-bond acceptors (Lipinski definition) is 3. The normalized spacial score (nSPS) is 11.9. The van der Waals surface area contributed by atoms with Crippen LogP contribution in [0.2, 0.25) is 0 Å². The number of H-pyrrole nitrogens is 1. The van der Waals surface area contributed by atoms with Gasteiger partial charge in [0.2, 0.25) is 11.2 Å². The highest BCUT2D eigenvalue weighted by Gasteiger charge is 2.34. The summed E-state index contributed by atoms with van der Waals surface area (Å²) in [6.45, 7) is 0. The van der Waals surface area contributed by atoms with Gasteiger partial charge in [-0.2, -0.15) is 0 Å². The standard InChI is InChI=1S/C7H5F5N2O2/c8-5(9)2-1-14-6(13)4(3(2)15)16-7(10,11)12/h1,5H,(H3,13,14,15). The number of aromatic nitrogens is 1. The fraction of sp³-hybridized carbons (Fsp3) is 0.286. The predicted molar refractivity (Wildman–Crippen MR) is 43.1 cm³/mol. The quantitative estimate of drug-likeness (QED) is 0.779. The average Bonchev–Trinajstić information content (AvgIpc) is 2.10. The first-order valence-electron chi connectivity index (χ1n) is 3.77. The lowest BCUT2D eigenvalue weighted by atomic mass is 10.2. The third-order valence-electron chi connectivity index (χ3n) is 1.55. The predicted octanol–water partition coefficient (Wildman–Crippen LogP) is 1.79. The zero-order valence-electron chi connectivity index (χ0n) is 7.44. The Morgan fingerprint density at radius 2 is 1.94 bits per heavy atom. The first-order chi connectivity index (χ1) is 7.22. The maximum Gasteiger partial charge on any atom is 0.573 e. The molecule has 0 unspecified atom stereocenters. The van der Waals surface area contributed by atoms with E-state index in [9.17, 15) is 26.7 Å². The molecule has 0 saturated carbocycles. The van der Waals surface area contributed by atoms with Gasteiger partial charge in [-0.3, -0.25) is 4.79 Å². The molecule has 0 aliphatic heterocycles. The molecule has 90 valence electrons. The Balaban J connectivity index is 3.28. The van der Waals surface area contributed by atoms with Crippen molar-refractivity contribution in [2.24, 2.45) is 0 Å². The molecule has 1 aromatic heterocycles. The van der Waals surface area contributed by atoms with Crippen molar-refractivity contribution in [2.75, 3.05) is 5.73 Å². The van der Waals surface area contributed by atoms with Gasteiger partial charge >= 0.3 is 6.36 Å². The Labute approximate surface area is 84.8 Å². The van der Waals surface area contributed by atoms with Gasteiger partial charge in [-0.05, 0) is 0 Å². The van der Waals surface area contributed by atoms with Crippen LogP contribution in [0.25, 0.3) is 0 Å². The van der Waals surface area contributed by atoms with Gasteiger partial charge in [-0.25, -0.2) is 8.78 Å². The summed E-state index contributed by atoms with van der Waals surface area (Å²) < 4.78 is 63.0. The van der Waals surface area contributed by atoms with Gasteiger partial charge in [0.1, 0.15) is 5.82 Å². The minimum absolute atomic E-state index is 0.533. The van der Waals surface area contributed by atoms with Gasteiger partial charge < -0.3 is 15.5 Å². The number of ether oxygens (including phenoxy) is 1. The van der Waals surface area contributed by atoms with E-state index in [1.165, 1.54) is 0 Å². The summed E-state index contributed by atoms with van der Waals surface area (Å²) in [5.74, 6) is -2.16. The Kier molecular flexibility index (Phi) is 3.06. The monoisotopic (exact) mass is 244 g/mol. The van der Waals surface area contributed by atoms with Crippen molar-refractivity contribution >= 4 is 5.82 Å². The minimum atomic E-state index is -5.18. The van der Waals surface area contributed by atoms with Crippen molar-refractivity contribution in [3.63, 3.8) is 0 Å². The lowest BCUT2D eigenvalue weighted by Gasteiger charge is -2.11. The third kappa shape index (κ3) is 2.61. The molecular weight excluding hydrogens is 239 g/mol. The van der Waals surface area contributed by atoms with Crippen molar-refractivity contribution in [3.05, 3.63) is 22.0 Å². The van der Waals surface area contributed by atoms with Crippen molar-refractivity contribution in [1.82, 2.24) is 4.98 Å². The molecule has 9 heteroatoms. The summed E-state index contributed by atoms with van der Waals surface area (Å²) in [6.07, 6.45) is -7.87. The lowest BCUT2D eigenvalue weighted by molar-refractivity contribution is -0.274. The summed E-state index contributed by atoms with van der Waals surface area (Å²) in [7, 11) is 0. The second-order valence-electron chi connectivity index (χ2n) is 2.66. The van der Waals surface area contributed by atoms with Crippen LogP contribution in [0.4, 0.5) is 27.8 Å².